The maximum atomic E-state index is 12.8. The SMILES string of the molecule is FC(F)(F)c1noc2ccc(CC3CC4(CNC4)C3)cc12. The van der Waals surface area contributed by atoms with Crippen molar-refractivity contribution in [1.29, 1.82) is 0 Å². The summed E-state index contributed by atoms with van der Waals surface area (Å²) in [6.45, 7) is 2.18. The van der Waals surface area contributed by atoms with E-state index < -0.39 is 11.9 Å². The maximum Gasteiger partial charge on any atom is 0.437 e. The smallest absolute Gasteiger partial charge is 0.356 e. The summed E-state index contributed by atoms with van der Waals surface area (Å²) in [5.74, 6) is 0.582. The molecule has 21 heavy (non-hydrogen) atoms. The molecule has 1 aliphatic heterocycles. The van der Waals surface area contributed by atoms with Crippen molar-refractivity contribution in [3.8, 4) is 0 Å². The van der Waals surface area contributed by atoms with Crippen molar-refractivity contribution in [2.24, 2.45) is 11.3 Å². The number of alkyl halides is 3. The van der Waals surface area contributed by atoms with Gasteiger partial charge in [0.2, 0.25) is 0 Å². The zero-order valence-electron chi connectivity index (χ0n) is 11.3. The highest BCUT2D eigenvalue weighted by atomic mass is 19.4. The van der Waals surface area contributed by atoms with Crippen molar-refractivity contribution in [1.82, 2.24) is 10.5 Å². The van der Waals surface area contributed by atoms with Crippen LogP contribution in [0.5, 0.6) is 0 Å². The summed E-state index contributed by atoms with van der Waals surface area (Å²) in [4.78, 5) is 0. The fraction of sp³-hybridized carbons (Fsp3) is 0.533. The van der Waals surface area contributed by atoms with E-state index in [1.807, 2.05) is 6.07 Å². The average molecular weight is 296 g/mol. The maximum absolute atomic E-state index is 12.8. The standard InChI is InChI=1S/C15H15F3N2O/c16-15(17,18)13-11-4-9(1-2-12(11)21-20-13)3-10-5-14(6-10)7-19-8-14/h1-2,4,10,19H,3,5-8H2. The molecule has 2 aromatic rings. The molecule has 1 aromatic heterocycles. The van der Waals surface area contributed by atoms with Crippen LogP contribution in [0.25, 0.3) is 11.0 Å². The molecule has 2 heterocycles. The van der Waals surface area contributed by atoms with Crippen molar-refractivity contribution in [2.45, 2.75) is 25.4 Å². The molecule has 6 heteroatoms. The number of benzene rings is 1. The zero-order valence-corrected chi connectivity index (χ0v) is 11.3. The van der Waals surface area contributed by atoms with Crippen LogP contribution in [0, 0.1) is 11.3 Å². The Hall–Kier alpha value is -1.56. The quantitative estimate of drug-likeness (QED) is 0.923. The number of aromatic nitrogens is 1. The second-order valence-electron chi connectivity index (χ2n) is 6.44. The molecule has 1 aliphatic carbocycles. The fourth-order valence-electron chi connectivity index (χ4n) is 3.73. The lowest BCUT2D eigenvalue weighted by molar-refractivity contribution is -0.141. The summed E-state index contributed by atoms with van der Waals surface area (Å²) in [5.41, 5.74) is 0.693. The van der Waals surface area contributed by atoms with Crippen LogP contribution in [0.3, 0.4) is 0 Å². The number of halogens is 3. The van der Waals surface area contributed by atoms with Crippen LogP contribution < -0.4 is 5.32 Å². The minimum absolute atomic E-state index is 0.0688. The molecule has 0 unspecified atom stereocenters. The van der Waals surface area contributed by atoms with Gasteiger partial charge in [-0.25, -0.2) is 0 Å². The topological polar surface area (TPSA) is 38.1 Å². The third-order valence-electron chi connectivity index (χ3n) is 4.77. The third kappa shape index (κ3) is 2.12. The van der Waals surface area contributed by atoms with Gasteiger partial charge in [0, 0.05) is 13.1 Å². The molecule has 3 nitrogen and oxygen atoms in total. The van der Waals surface area contributed by atoms with E-state index in [4.69, 9.17) is 4.52 Å². The molecule has 2 aliphatic rings. The van der Waals surface area contributed by atoms with Gasteiger partial charge < -0.3 is 9.84 Å². The Kier molecular flexibility index (Phi) is 2.64. The number of hydrogen-bond acceptors (Lipinski definition) is 3. The van der Waals surface area contributed by atoms with Gasteiger partial charge in [-0.15, -0.1) is 0 Å². The first-order valence-corrected chi connectivity index (χ1v) is 7.11. The highest BCUT2D eigenvalue weighted by molar-refractivity contribution is 5.80. The molecular weight excluding hydrogens is 281 g/mol. The van der Waals surface area contributed by atoms with Gasteiger partial charge in [-0.3, -0.25) is 0 Å². The zero-order chi connectivity index (χ0) is 14.7. The summed E-state index contributed by atoms with van der Waals surface area (Å²) in [7, 11) is 0. The lowest BCUT2D eigenvalue weighted by atomic mass is 9.57. The van der Waals surface area contributed by atoms with Crippen LogP contribution in [0.1, 0.15) is 24.1 Å². The monoisotopic (exact) mass is 296 g/mol. The largest absolute Gasteiger partial charge is 0.437 e. The van der Waals surface area contributed by atoms with Crippen LogP contribution in [0.4, 0.5) is 13.2 Å². The van der Waals surface area contributed by atoms with E-state index in [0.29, 0.717) is 11.3 Å². The van der Waals surface area contributed by atoms with E-state index in [1.54, 1.807) is 12.1 Å². The number of hydrogen-bond donors (Lipinski definition) is 1. The van der Waals surface area contributed by atoms with Crippen LogP contribution in [0.2, 0.25) is 0 Å². The number of fused-ring (bicyclic) bond motifs is 1. The van der Waals surface area contributed by atoms with Gasteiger partial charge in [0.25, 0.3) is 0 Å². The molecule has 0 radical (unpaired) electrons. The van der Waals surface area contributed by atoms with Crippen LogP contribution in [-0.2, 0) is 12.6 Å². The van der Waals surface area contributed by atoms with Gasteiger partial charge in [-0.05, 0) is 48.3 Å². The summed E-state index contributed by atoms with van der Waals surface area (Å²) in [6, 6.07) is 5.02. The van der Waals surface area contributed by atoms with Gasteiger partial charge in [-0.1, -0.05) is 11.2 Å². The van der Waals surface area contributed by atoms with E-state index in [2.05, 4.69) is 10.5 Å². The van der Waals surface area contributed by atoms with Gasteiger partial charge in [0.05, 0.1) is 5.39 Å². The Morgan fingerprint density at radius 2 is 2.05 bits per heavy atom. The predicted octanol–water partition coefficient (Wildman–Crippen LogP) is 3.39. The van der Waals surface area contributed by atoms with Gasteiger partial charge in [0.1, 0.15) is 0 Å². The Morgan fingerprint density at radius 3 is 2.67 bits per heavy atom. The fourth-order valence-corrected chi connectivity index (χ4v) is 3.73. The Balaban J connectivity index is 1.56. The first-order chi connectivity index (χ1) is 9.95. The van der Waals surface area contributed by atoms with Crippen molar-refractivity contribution < 1.29 is 17.7 Å². The Bertz CT molecular complexity index is 680. The van der Waals surface area contributed by atoms with E-state index in [9.17, 15) is 13.2 Å². The number of rotatable bonds is 2. The molecule has 0 amide bonds. The van der Waals surface area contributed by atoms with Crippen molar-refractivity contribution in [3.05, 3.63) is 29.5 Å². The summed E-state index contributed by atoms with van der Waals surface area (Å²) in [5, 5.41) is 6.51. The molecule has 1 spiro atoms. The Morgan fingerprint density at radius 1 is 1.29 bits per heavy atom. The first-order valence-electron chi connectivity index (χ1n) is 7.11. The van der Waals surface area contributed by atoms with E-state index in [0.717, 1.165) is 25.1 Å². The lowest BCUT2D eigenvalue weighted by Gasteiger charge is -2.54. The minimum Gasteiger partial charge on any atom is -0.356 e. The molecule has 1 N–H and O–H groups in total. The molecule has 0 atom stereocenters. The highest BCUT2D eigenvalue weighted by Crippen LogP contribution is 2.49. The van der Waals surface area contributed by atoms with Gasteiger partial charge >= 0.3 is 6.18 Å². The van der Waals surface area contributed by atoms with Crippen LogP contribution in [-0.4, -0.2) is 18.2 Å². The average Bonchev–Trinajstić information content (AvgIpc) is 2.73. The molecular formula is C15H15F3N2O. The molecule has 0 bridgehead atoms. The lowest BCUT2D eigenvalue weighted by Crippen LogP contribution is -2.60. The first kappa shape index (κ1) is 13.1. The number of nitrogens with zero attached hydrogens (tertiary/aromatic N) is 1. The van der Waals surface area contributed by atoms with E-state index in [-0.39, 0.29) is 11.0 Å². The van der Waals surface area contributed by atoms with Crippen molar-refractivity contribution in [3.63, 3.8) is 0 Å². The summed E-state index contributed by atoms with van der Waals surface area (Å²) < 4.78 is 43.3. The predicted molar refractivity (Wildman–Crippen MR) is 70.7 cm³/mol. The van der Waals surface area contributed by atoms with E-state index in [1.165, 1.54) is 12.8 Å². The van der Waals surface area contributed by atoms with Crippen molar-refractivity contribution in [2.75, 3.05) is 13.1 Å². The molecule has 1 saturated carbocycles. The minimum atomic E-state index is -4.47. The van der Waals surface area contributed by atoms with Gasteiger partial charge in [-0.2, -0.15) is 13.2 Å². The van der Waals surface area contributed by atoms with E-state index >= 15 is 0 Å². The Labute approximate surface area is 119 Å². The molecule has 4 rings (SSSR count). The molecule has 1 saturated heterocycles. The normalized spacial score (nSPS) is 21.5. The van der Waals surface area contributed by atoms with Crippen molar-refractivity contribution >= 4 is 11.0 Å². The van der Waals surface area contributed by atoms with Gasteiger partial charge in [0.15, 0.2) is 11.3 Å². The molecule has 112 valence electrons. The second-order valence-corrected chi connectivity index (χ2v) is 6.44. The summed E-state index contributed by atoms with van der Waals surface area (Å²) in [6.07, 6.45) is -1.29. The summed E-state index contributed by atoms with van der Waals surface area (Å²) >= 11 is 0. The molecule has 1 aromatic carbocycles. The highest BCUT2D eigenvalue weighted by Gasteiger charge is 2.47. The number of nitrogens with one attached hydrogen (secondary N) is 1. The second kappa shape index (κ2) is 4.22. The third-order valence-corrected chi connectivity index (χ3v) is 4.77. The van der Waals surface area contributed by atoms with Crippen LogP contribution in [0.15, 0.2) is 22.7 Å². The molecule has 2 fully saturated rings. The van der Waals surface area contributed by atoms with Crippen LogP contribution >= 0.6 is 0 Å².